The Morgan fingerprint density at radius 3 is 3.15 bits per heavy atom. The highest BCUT2D eigenvalue weighted by Gasteiger charge is 2.14. The van der Waals surface area contributed by atoms with Crippen LogP contribution in [0.5, 0.6) is 0 Å². The molecule has 1 rings (SSSR count). The number of hydrogen-bond acceptors (Lipinski definition) is 3. The Morgan fingerprint density at radius 2 is 2.54 bits per heavy atom. The Kier molecular flexibility index (Phi) is 4.81. The van der Waals surface area contributed by atoms with Crippen LogP contribution in [0, 0.1) is 17.2 Å². The summed E-state index contributed by atoms with van der Waals surface area (Å²) in [6, 6.07) is 2.20. The molecule has 0 radical (unpaired) electrons. The zero-order chi connectivity index (χ0) is 9.52. The molecule has 1 aliphatic heterocycles. The van der Waals surface area contributed by atoms with Crippen LogP contribution in [0.4, 0.5) is 0 Å². The van der Waals surface area contributed by atoms with Gasteiger partial charge in [0.05, 0.1) is 18.1 Å². The van der Waals surface area contributed by atoms with Crippen LogP contribution in [0.15, 0.2) is 0 Å². The SMILES string of the molecule is CC(C#N)CNCCC1CCCO1. The Labute approximate surface area is 80.1 Å². The summed E-state index contributed by atoms with van der Waals surface area (Å²) in [5.74, 6) is 0.115. The van der Waals surface area contributed by atoms with Crippen LogP contribution in [-0.2, 0) is 4.74 Å². The maximum atomic E-state index is 8.53. The first-order valence-corrected chi connectivity index (χ1v) is 5.05. The highest BCUT2D eigenvalue weighted by Crippen LogP contribution is 2.14. The van der Waals surface area contributed by atoms with Gasteiger partial charge in [0.1, 0.15) is 0 Å². The molecule has 0 aromatic rings. The average molecular weight is 182 g/mol. The van der Waals surface area contributed by atoms with Gasteiger partial charge in [0, 0.05) is 13.2 Å². The predicted molar refractivity (Wildman–Crippen MR) is 51.2 cm³/mol. The van der Waals surface area contributed by atoms with E-state index < -0.39 is 0 Å². The van der Waals surface area contributed by atoms with Gasteiger partial charge in [-0.05, 0) is 32.7 Å². The summed E-state index contributed by atoms with van der Waals surface area (Å²) in [6.45, 7) is 4.62. The topological polar surface area (TPSA) is 45.0 Å². The van der Waals surface area contributed by atoms with E-state index in [1.165, 1.54) is 12.8 Å². The monoisotopic (exact) mass is 182 g/mol. The molecule has 3 heteroatoms. The Hall–Kier alpha value is -0.590. The number of hydrogen-bond donors (Lipinski definition) is 1. The second-order valence-electron chi connectivity index (χ2n) is 3.66. The summed E-state index contributed by atoms with van der Waals surface area (Å²) in [6.07, 6.45) is 3.96. The summed E-state index contributed by atoms with van der Waals surface area (Å²) in [5.41, 5.74) is 0. The fourth-order valence-corrected chi connectivity index (χ4v) is 1.50. The normalized spacial score (nSPS) is 24.2. The van der Waals surface area contributed by atoms with E-state index in [0.717, 1.165) is 26.1 Å². The van der Waals surface area contributed by atoms with Crippen LogP contribution in [0.25, 0.3) is 0 Å². The van der Waals surface area contributed by atoms with Crippen molar-refractivity contribution in [3.63, 3.8) is 0 Å². The summed E-state index contributed by atoms with van der Waals surface area (Å²) in [7, 11) is 0. The van der Waals surface area contributed by atoms with E-state index in [-0.39, 0.29) is 5.92 Å². The van der Waals surface area contributed by atoms with Gasteiger partial charge in [-0.1, -0.05) is 0 Å². The van der Waals surface area contributed by atoms with Crippen LogP contribution < -0.4 is 5.32 Å². The van der Waals surface area contributed by atoms with Gasteiger partial charge in [0.25, 0.3) is 0 Å². The van der Waals surface area contributed by atoms with Crippen molar-refractivity contribution >= 4 is 0 Å². The largest absolute Gasteiger partial charge is 0.378 e. The van der Waals surface area contributed by atoms with Gasteiger partial charge in [-0.25, -0.2) is 0 Å². The molecule has 0 spiro atoms. The van der Waals surface area contributed by atoms with Crippen molar-refractivity contribution in [2.24, 2.45) is 5.92 Å². The highest BCUT2D eigenvalue weighted by molar-refractivity contribution is 4.80. The van der Waals surface area contributed by atoms with E-state index in [9.17, 15) is 0 Å². The van der Waals surface area contributed by atoms with Crippen LogP contribution in [0.1, 0.15) is 26.2 Å². The molecule has 2 atom stereocenters. The van der Waals surface area contributed by atoms with Crippen LogP contribution in [-0.4, -0.2) is 25.8 Å². The number of nitrogens with zero attached hydrogens (tertiary/aromatic N) is 1. The number of ether oxygens (including phenoxy) is 1. The van der Waals surface area contributed by atoms with E-state index in [2.05, 4.69) is 11.4 Å². The van der Waals surface area contributed by atoms with Crippen molar-refractivity contribution in [3.05, 3.63) is 0 Å². The zero-order valence-corrected chi connectivity index (χ0v) is 8.25. The lowest BCUT2D eigenvalue weighted by Crippen LogP contribution is -2.24. The third-order valence-electron chi connectivity index (χ3n) is 2.34. The van der Waals surface area contributed by atoms with E-state index in [4.69, 9.17) is 10.00 Å². The quantitative estimate of drug-likeness (QED) is 0.652. The average Bonchev–Trinajstić information content (AvgIpc) is 2.64. The Morgan fingerprint density at radius 1 is 1.69 bits per heavy atom. The minimum Gasteiger partial charge on any atom is -0.378 e. The molecular formula is C10H18N2O. The van der Waals surface area contributed by atoms with Crippen molar-refractivity contribution in [1.82, 2.24) is 5.32 Å². The lowest BCUT2D eigenvalue weighted by Gasteiger charge is -2.10. The minimum absolute atomic E-state index is 0.115. The van der Waals surface area contributed by atoms with Crippen LogP contribution >= 0.6 is 0 Å². The van der Waals surface area contributed by atoms with E-state index in [1.54, 1.807) is 0 Å². The lowest BCUT2D eigenvalue weighted by atomic mass is 10.1. The molecule has 1 aliphatic rings. The maximum Gasteiger partial charge on any atom is 0.0666 e. The molecule has 0 aliphatic carbocycles. The van der Waals surface area contributed by atoms with Crippen LogP contribution in [0.3, 0.4) is 0 Å². The fourth-order valence-electron chi connectivity index (χ4n) is 1.50. The maximum absolute atomic E-state index is 8.53. The molecule has 2 unspecified atom stereocenters. The van der Waals surface area contributed by atoms with Gasteiger partial charge in [-0.3, -0.25) is 0 Å². The van der Waals surface area contributed by atoms with Gasteiger partial charge in [-0.2, -0.15) is 5.26 Å². The molecule has 1 N–H and O–H groups in total. The molecule has 3 nitrogen and oxygen atoms in total. The molecule has 0 amide bonds. The standard InChI is InChI=1S/C10H18N2O/c1-9(7-11)8-12-5-4-10-3-2-6-13-10/h9-10,12H,2-6,8H2,1H3. The molecule has 0 bridgehead atoms. The second kappa shape index (κ2) is 5.95. The van der Waals surface area contributed by atoms with Gasteiger partial charge >= 0.3 is 0 Å². The number of nitrogens with one attached hydrogen (secondary N) is 1. The van der Waals surface area contributed by atoms with Crippen molar-refractivity contribution < 1.29 is 4.74 Å². The van der Waals surface area contributed by atoms with Gasteiger partial charge < -0.3 is 10.1 Å². The first kappa shape index (κ1) is 10.5. The van der Waals surface area contributed by atoms with Gasteiger partial charge in [0.2, 0.25) is 0 Å². The first-order chi connectivity index (χ1) is 6.33. The summed E-state index contributed by atoms with van der Waals surface area (Å²) in [5, 5.41) is 11.8. The summed E-state index contributed by atoms with van der Waals surface area (Å²) < 4.78 is 5.48. The predicted octanol–water partition coefficient (Wildman–Crippen LogP) is 1.30. The van der Waals surface area contributed by atoms with Crippen molar-refractivity contribution in [2.75, 3.05) is 19.7 Å². The zero-order valence-electron chi connectivity index (χ0n) is 8.25. The fraction of sp³-hybridized carbons (Fsp3) is 0.900. The van der Waals surface area contributed by atoms with Gasteiger partial charge in [-0.15, -0.1) is 0 Å². The molecule has 74 valence electrons. The highest BCUT2D eigenvalue weighted by atomic mass is 16.5. The molecule has 0 aromatic heterocycles. The van der Waals surface area contributed by atoms with Crippen molar-refractivity contribution in [2.45, 2.75) is 32.3 Å². The Bertz CT molecular complexity index is 170. The minimum atomic E-state index is 0.115. The number of rotatable bonds is 5. The van der Waals surface area contributed by atoms with Crippen molar-refractivity contribution in [1.29, 1.82) is 5.26 Å². The van der Waals surface area contributed by atoms with Crippen molar-refractivity contribution in [3.8, 4) is 6.07 Å². The molecule has 1 fully saturated rings. The molecule has 1 saturated heterocycles. The van der Waals surface area contributed by atoms with E-state index in [1.807, 2.05) is 6.92 Å². The van der Waals surface area contributed by atoms with E-state index in [0.29, 0.717) is 6.10 Å². The molecule has 0 saturated carbocycles. The summed E-state index contributed by atoms with van der Waals surface area (Å²) >= 11 is 0. The van der Waals surface area contributed by atoms with Crippen LogP contribution in [0.2, 0.25) is 0 Å². The molecular weight excluding hydrogens is 164 g/mol. The third kappa shape index (κ3) is 4.25. The molecule has 0 aromatic carbocycles. The second-order valence-corrected chi connectivity index (χ2v) is 3.66. The first-order valence-electron chi connectivity index (χ1n) is 5.05. The molecule has 13 heavy (non-hydrogen) atoms. The third-order valence-corrected chi connectivity index (χ3v) is 2.34. The number of nitriles is 1. The smallest absolute Gasteiger partial charge is 0.0666 e. The molecule has 1 heterocycles. The summed E-state index contributed by atoms with van der Waals surface area (Å²) in [4.78, 5) is 0. The lowest BCUT2D eigenvalue weighted by molar-refractivity contribution is 0.104. The van der Waals surface area contributed by atoms with Gasteiger partial charge in [0.15, 0.2) is 0 Å². The van der Waals surface area contributed by atoms with E-state index >= 15 is 0 Å². The Balaban J connectivity index is 1.92.